The molecule has 2 saturated heterocycles. The number of nitrogens with zero attached hydrogens (tertiary/aromatic N) is 8. The Labute approximate surface area is 276 Å². The highest BCUT2D eigenvalue weighted by Gasteiger charge is 2.27. The Morgan fingerprint density at radius 3 is 2.40 bits per heavy atom. The lowest BCUT2D eigenvalue weighted by Crippen LogP contribution is -2.52. The molecule has 0 unspecified atom stereocenters. The Hall–Kier alpha value is -4.53. The van der Waals surface area contributed by atoms with E-state index in [0.717, 1.165) is 69.7 Å². The first-order valence-corrected chi connectivity index (χ1v) is 17.6. The standard InChI is InChI=1S/C33H42N10O3S/c1-6-23-22-36-33(39-32(23)37-28-10-9-27-30(35-14-13-34-27)31(28)41(3)47(5,44)45)38-26-8-7-25(21-29(26)46-4)42-15-11-24(12-16-42)43-19-17-40(2)18-20-43/h6-10,13-14,21-22,24H,1,11-12,15-20H2,2-5H3,(H2,36,37,38,39). The maximum absolute atomic E-state index is 12.6. The summed E-state index contributed by atoms with van der Waals surface area (Å²) in [5, 5.41) is 6.59. The fraction of sp³-hybridized carbons (Fsp3) is 0.394. The summed E-state index contributed by atoms with van der Waals surface area (Å²) in [5.74, 6) is 1.44. The molecule has 0 atom stereocenters. The molecule has 0 aliphatic carbocycles. The highest BCUT2D eigenvalue weighted by molar-refractivity contribution is 7.92. The molecule has 2 N–H and O–H groups in total. The van der Waals surface area contributed by atoms with Gasteiger partial charge in [-0.25, -0.2) is 13.4 Å². The number of sulfonamides is 1. The molecule has 13 nitrogen and oxygen atoms in total. The van der Waals surface area contributed by atoms with Crippen molar-refractivity contribution in [1.82, 2.24) is 29.7 Å². The van der Waals surface area contributed by atoms with Crippen LogP contribution < -0.4 is 24.6 Å². The molecule has 0 saturated carbocycles. The van der Waals surface area contributed by atoms with E-state index in [1.165, 1.54) is 17.5 Å². The molecule has 0 radical (unpaired) electrons. The second-order valence-electron chi connectivity index (χ2n) is 12.0. The van der Waals surface area contributed by atoms with Crippen molar-refractivity contribution in [2.45, 2.75) is 18.9 Å². The summed E-state index contributed by atoms with van der Waals surface area (Å²) in [6, 6.07) is 10.3. The van der Waals surface area contributed by atoms with Crippen LogP contribution in [0.4, 0.5) is 34.5 Å². The van der Waals surface area contributed by atoms with Gasteiger partial charge in [0.15, 0.2) is 0 Å². The van der Waals surface area contributed by atoms with Crippen molar-refractivity contribution in [1.29, 1.82) is 0 Å². The average Bonchev–Trinajstić information content (AvgIpc) is 3.08. The van der Waals surface area contributed by atoms with Crippen LogP contribution in [0.1, 0.15) is 18.4 Å². The van der Waals surface area contributed by atoms with E-state index in [2.05, 4.69) is 66.0 Å². The molecule has 47 heavy (non-hydrogen) atoms. The van der Waals surface area contributed by atoms with Gasteiger partial charge in [-0.15, -0.1) is 0 Å². The van der Waals surface area contributed by atoms with Gasteiger partial charge in [0.1, 0.15) is 22.8 Å². The predicted octanol–water partition coefficient (Wildman–Crippen LogP) is 4.17. The lowest BCUT2D eigenvalue weighted by molar-refractivity contribution is 0.0982. The molecule has 2 aliphatic rings. The molecule has 4 heterocycles. The van der Waals surface area contributed by atoms with Crippen LogP contribution in [-0.4, -0.2) is 111 Å². The van der Waals surface area contributed by atoms with Crippen LogP contribution in [0.15, 0.2) is 55.5 Å². The number of anilines is 6. The van der Waals surface area contributed by atoms with Gasteiger partial charge in [0.2, 0.25) is 16.0 Å². The molecule has 2 aromatic heterocycles. The zero-order chi connectivity index (χ0) is 33.1. The van der Waals surface area contributed by atoms with Crippen molar-refractivity contribution in [3.63, 3.8) is 0 Å². The second-order valence-corrected chi connectivity index (χ2v) is 14.0. The maximum atomic E-state index is 12.6. The van der Waals surface area contributed by atoms with E-state index < -0.39 is 10.0 Å². The Morgan fingerprint density at radius 1 is 0.979 bits per heavy atom. The van der Waals surface area contributed by atoms with Crippen LogP contribution in [-0.2, 0) is 10.0 Å². The number of piperazine rings is 1. The smallest absolute Gasteiger partial charge is 0.232 e. The number of aromatic nitrogens is 4. The number of methoxy groups -OCH3 is 1. The van der Waals surface area contributed by atoms with E-state index in [0.29, 0.717) is 51.5 Å². The monoisotopic (exact) mass is 658 g/mol. The van der Waals surface area contributed by atoms with Crippen LogP contribution in [0, 0.1) is 0 Å². The molecular weight excluding hydrogens is 616 g/mol. The van der Waals surface area contributed by atoms with Crippen molar-refractivity contribution < 1.29 is 13.2 Å². The van der Waals surface area contributed by atoms with Gasteiger partial charge in [0.25, 0.3) is 0 Å². The van der Waals surface area contributed by atoms with E-state index in [4.69, 9.17) is 9.72 Å². The highest BCUT2D eigenvalue weighted by atomic mass is 32.2. The number of nitrogens with one attached hydrogen (secondary N) is 2. The van der Waals surface area contributed by atoms with Gasteiger partial charge in [0.05, 0.1) is 30.3 Å². The number of hydrogen-bond acceptors (Lipinski definition) is 12. The van der Waals surface area contributed by atoms with Gasteiger partial charge in [-0.05, 0) is 44.2 Å². The van der Waals surface area contributed by atoms with Crippen molar-refractivity contribution in [2.24, 2.45) is 0 Å². The Morgan fingerprint density at radius 2 is 1.70 bits per heavy atom. The number of rotatable bonds is 10. The molecule has 4 aromatic rings. The molecule has 6 rings (SSSR count). The molecule has 2 aromatic carbocycles. The molecule has 14 heteroatoms. The van der Waals surface area contributed by atoms with Gasteiger partial charge in [0, 0.05) is 88.3 Å². The summed E-state index contributed by atoms with van der Waals surface area (Å²) < 4.78 is 32.2. The fourth-order valence-corrected chi connectivity index (χ4v) is 6.73. The first-order valence-electron chi connectivity index (χ1n) is 15.7. The summed E-state index contributed by atoms with van der Waals surface area (Å²) in [6.45, 7) is 10.5. The summed E-state index contributed by atoms with van der Waals surface area (Å²) in [5.41, 5.74) is 4.31. The van der Waals surface area contributed by atoms with Crippen LogP contribution >= 0.6 is 0 Å². The van der Waals surface area contributed by atoms with E-state index in [9.17, 15) is 8.42 Å². The molecule has 0 bridgehead atoms. The van der Waals surface area contributed by atoms with Crippen molar-refractivity contribution in [2.75, 3.05) is 86.6 Å². The van der Waals surface area contributed by atoms with Crippen molar-refractivity contribution in [3.05, 3.63) is 61.1 Å². The van der Waals surface area contributed by atoms with E-state index in [1.807, 2.05) is 6.07 Å². The second kappa shape index (κ2) is 13.7. The van der Waals surface area contributed by atoms with Crippen LogP contribution in [0.2, 0.25) is 0 Å². The maximum Gasteiger partial charge on any atom is 0.232 e. The number of ether oxygens (including phenoxy) is 1. The third-order valence-corrected chi connectivity index (χ3v) is 10.2. The first-order chi connectivity index (χ1) is 22.6. The summed E-state index contributed by atoms with van der Waals surface area (Å²) >= 11 is 0. The Kier molecular flexibility index (Phi) is 9.43. The lowest BCUT2D eigenvalue weighted by Gasteiger charge is -2.42. The number of hydrogen-bond donors (Lipinski definition) is 2. The van der Waals surface area contributed by atoms with Gasteiger partial charge in [-0.1, -0.05) is 12.7 Å². The van der Waals surface area contributed by atoms with Gasteiger partial charge >= 0.3 is 0 Å². The molecule has 0 amide bonds. The topological polar surface area (TPSA) is 132 Å². The van der Waals surface area contributed by atoms with Gasteiger partial charge in [-0.3, -0.25) is 19.2 Å². The van der Waals surface area contributed by atoms with Crippen LogP contribution in [0.5, 0.6) is 5.75 Å². The molecule has 2 aliphatic heterocycles. The first kappa shape index (κ1) is 32.4. The number of piperidine rings is 1. The molecular formula is C33H42N10O3S. The quantitative estimate of drug-likeness (QED) is 0.254. The lowest BCUT2D eigenvalue weighted by atomic mass is 10.0. The van der Waals surface area contributed by atoms with Gasteiger partial charge < -0.3 is 25.2 Å². The predicted molar refractivity (Wildman–Crippen MR) is 189 cm³/mol. The van der Waals surface area contributed by atoms with E-state index >= 15 is 0 Å². The Bertz CT molecular complexity index is 1860. The fourth-order valence-electron chi connectivity index (χ4n) is 6.21. The summed E-state index contributed by atoms with van der Waals surface area (Å²) in [6.07, 6.45) is 9.82. The number of benzene rings is 2. The summed E-state index contributed by atoms with van der Waals surface area (Å²) in [7, 11) is 1.72. The largest absolute Gasteiger partial charge is 0.494 e. The number of fused-ring (bicyclic) bond motifs is 1. The van der Waals surface area contributed by atoms with Crippen molar-refractivity contribution in [3.8, 4) is 5.75 Å². The minimum absolute atomic E-state index is 0.329. The zero-order valence-corrected chi connectivity index (χ0v) is 28.2. The van der Waals surface area contributed by atoms with E-state index in [-0.39, 0.29) is 0 Å². The van der Waals surface area contributed by atoms with Crippen LogP contribution in [0.3, 0.4) is 0 Å². The summed E-state index contributed by atoms with van der Waals surface area (Å²) in [4.78, 5) is 25.5. The third kappa shape index (κ3) is 7.09. The van der Waals surface area contributed by atoms with Crippen LogP contribution in [0.25, 0.3) is 17.1 Å². The third-order valence-electron chi connectivity index (χ3n) is 9.03. The number of likely N-dealkylation sites (N-methyl/N-ethyl adjacent to an activating group) is 1. The molecule has 248 valence electrons. The molecule has 0 spiro atoms. The Balaban J connectivity index is 1.22. The molecule has 2 fully saturated rings. The van der Waals surface area contributed by atoms with Crippen molar-refractivity contribution >= 4 is 61.6 Å². The zero-order valence-electron chi connectivity index (χ0n) is 27.3. The van der Waals surface area contributed by atoms with E-state index in [1.54, 1.807) is 37.7 Å². The average molecular weight is 659 g/mol. The normalized spacial score (nSPS) is 16.6. The SMILES string of the molecule is C=Cc1cnc(Nc2ccc(N3CCC(N4CCN(C)CC4)CC3)cc2OC)nc1Nc1ccc2nccnc2c1N(C)S(C)(=O)=O. The van der Waals surface area contributed by atoms with Gasteiger partial charge in [-0.2, -0.15) is 4.98 Å². The highest BCUT2D eigenvalue weighted by Crippen LogP contribution is 2.37. The minimum Gasteiger partial charge on any atom is -0.494 e. The minimum atomic E-state index is -3.62.